The number of carbonyl (C=O) groups excluding carboxylic acids is 1. The summed E-state index contributed by atoms with van der Waals surface area (Å²) in [5, 5.41) is 5.20. The lowest BCUT2D eigenvalue weighted by Gasteiger charge is -2.22. The summed E-state index contributed by atoms with van der Waals surface area (Å²) in [6, 6.07) is 2.90. The van der Waals surface area contributed by atoms with Crippen LogP contribution in [0.5, 0.6) is 0 Å². The molecule has 1 aliphatic carbocycles. The molecule has 0 saturated heterocycles. The second-order valence-corrected chi connectivity index (χ2v) is 8.12. The smallest absolute Gasteiger partial charge is 0.267 e. The predicted octanol–water partition coefficient (Wildman–Crippen LogP) is 2.68. The standard InChI is InChI=1S/C16H20FN3O3S/c1-10-12-8-13(16(21)19-24(2,22)23)14(17)9-15(12)20(18-10)11-6-4-3-5-7-11/h8-9,11H,3-7H2,1-2H3,(H,19,21). The van der Waals surface area contributed by atoms with Crippen LogP contribution in [0.15, 0.2) is 12.1 Å². The van der Waals surface area contributed by atoms with Gasteiger partial charge in [0.15, 0.2) is 0 Å². The number of rotatable bonds is 3. The number of amides is 1. The van der Waals surface area contributed by atoms with Crippen molar-refractivity contribution in [2.75, 3.05) is 6.26 Å². The van der Waals surface area contributed by atoms with E-state index in [0.717, 1.165) is 31.9 Å². The molecule has 1 fully saturated rings. The minimum atomic E-state index is -3.75. The second-order valence-electron chi connectivity index (χ2n) is 6.37. The normalized spacial score (nSPS) is 16.5. The highest BCUT2D eigenvalue weighted by molar-refractivity contribution is 7.89. The van der Waals surface area contributed by atoms with Crippen LogP contribution in [-0.2, 0) is 10.0 Å². The lowest BCUT2D eigenvalue weighted by Crippen LogP contribution is -2.30. The van der Waals surface area contributed by atoms with Gasteiger partial charge in [-0.1, -0.05) is 19.3 Å². The fraction of sp³-hybridized carbons (Fsp3) is 0.500. The van der Waals surface area contributed by atoms with E-state index in [2.05, 4.69) is 5.10 Å². The molecular weight excluding hydrogens is 333 g/mol. The van der Waals surface area contributed by atoms with Crippen LogP contribution >= 0.6 is 0 Å². The molecule has 1 aromatic heterocycles. The van der Waals surface area contributed by atoms with Crippen LogP contribution in [-0.4, -0.2) is 30.4 Å². The molecule has 0 spiro atoms. The first kappa shape index (κ1) is 16.9. The summed E-state index contributed by atoms with van der Waals surface area (Å²) in [7, 11) is -3.75. The first-order chi connectivity index (χ1) is 11.3. The van der Waals surface area contributed by atoms with E-state index >= 15 is 0 Å². The van der Waals surface area contributed by atoms with E-state index < -0.39 is 21.7 Å². The largest absolute Gasteiger partial charge is 0.268 e. The third-order valence-corrected chi connectivity index (χ3v) is 4.98. The lowest BCUT2D eigenvalue weighted by molar-refractivity contribution is 0.0978. The molecule has 1 aliphatic rings. The van der Waals surface area contributed by atoms with Crippen LogP contribution in [0.3, 0.4) is 0 Å². The quantitative estimate of drug-likeness (QED) is 0.920. The number of sulfonamides is 1. The van der Waals surface area contributed by atoms with E-state index in [0.29, 0.717) is 16.6 Å². The van der Waals surface area contributed by atoms with E-state index in [-0.39, 0.29) is 11.6 Å². The summed E-state index contributed by atoms with van der Waals surface area (Å²) in [6.07, 6.45) is 6.33. The Bertz CT molecular complexity index is 899. The number of halogens is 1. The number of nitrogens with one attached hydrogen (secondary N) is 1. The molecule has 8 heteroatoms. The van der Waals surface area contributed by atoms with Gasteiger partial charge in [-0.25, -0.2) is 17.5 Å². The Balaban J connectivity index is 2.05. The topological polar surface area (TPSA) is 81.1 Å². The maximum atomic E-state index is 14.4. The summed E-state index contributed by atoms with van der Waals surface area (Å²) in [5.74, 6) is -1.72. The minimum Gasteiger partial charge on any atom is -0.268 e. The summed E-state index contributed by atoms with van der Waals surface area (Å²) in [5.41, 5.74) is 1.05. The van der Waals surface area contributed by atoms with Crippen molar-refractivity contribution in [2.24, 2.45) is 0 Å². The Morgan fingerprint density at radius 1 is 1.29 bits per heavy atom. The first-order valence-corrected chi connectivity index (χ1v) is 9.86. The Kier molecular flexibility index (Phi) is 4.33. The monoisotopic (exact) mass is 353 g/mol. The Hall–Kier alpha value is -1.96. The molecule has 0 atom stereocenters. The van der Waals surface area contributed by atoms with Crippen LogP contribution in [0.1, 0.15) is 54.2 Å². The lowest BCUT2D eigenvalue weighted by atomic mass is 9.95. The number of hydrogen-bond acceptors (Lipinski definition) is 4. The van der Waals surface area contributed by atoms with Crippen LogP contribution in [0.4, 0.5) is 4.39 Å². The highest BCUT2D eigenvalue weighted by Gasteiger charge is 2.23. The van der Waals surface area contributed by atoms with Gasteiger partial charge in [-0.05, 0) is 25.8 Å². The fourth-order valence-electron chi connectivity index (χ4n) is 3.31. The second kappa shape index (κ2) is 6.16. The average Bonchev–Trinajstić information content (AvgIpc) is 2.82. The number of nitrogens with zero attached hydrogens (tertiary/aromatic N) is 2. The van der Waals surface area contributed by atoms with Crippen molar-refractivity contribution < 1.29 is 17.6 Å². The summed E-state index contributed by atoms with van der Waals surface area (Å²) in [4.78, 5) is 12.0. The Morgan fingerprint density at radius 3 is 2.58 bits per heavy atom. The number of aromatic nitrogens is 2. The molecule has 130 valence electrons. The van der Waals surface area contributed by atoms with Gasteiger partial charge in [0.05, 0.1) is 29.1 Å². The van der Waals surface area contributed by atoms with Crippen molar-refractivity contribution in [1.82, 2.24) is 14.5 Å². The van der Waals surface area contributed by atoms with Gasteiger partial charge < -0.3 is 0 Å². The molecule has 1 saturated carbocycles. The van der Waals surface area contributed by atoms with E-state index in [1.165, 1.54) is 18.6 Å². The summed E-state index contributed by atoms with van der Waals surface area (Å²) in [6.45, 7) is 1.80. The zero-order chi connectivity index (χ0) is 17.5. The molecule has 1 N–H and O–H groups in total. The molecule has 3 rings (SSSR count). The SMILES string of the molecule is Cc1nn(C2CCCCC2)c2cc(F)c(C(=O)NS(C)(=O)=O)cc12. The van der Waals surface area contributed by atoms with Crippen molar-refractivity contribution in [3.63, 3.8) is 0 Å². The van der Waals surface area contributed by atoms with Crippen molar-refractivity contribution in [2.45, 2.75) is 45.1 Å². The molecule has 0 unspecified atom stereocenters. The van der Waals surface area contributed by atoms with Crippen molar-refractivity contribution in [3.8, 4) is 0 Å². The van der Waals surface area contributed by atoms with Crippen molar-refractivity contribution >= 4 is 26.8 Å². The molecule has 6 nitrogen and oxygen atoms in total. The first-order valence-electron chi connectivity index (χ1n) is 7.97. The zero-order valence-electron chi connectivity index (χ0n) is 13.7. The third-order valence-electron chi connectivity index (χ3n) is 4.42. The molecule has 1 amide bonds. The van der Waals surface area contributed by atoms with Crippen LogP contribution < -0.4 is 4.72 Å². The van der Waals surface area contributed by atoms with E-state index in [1.54, 1.807) is 11.6 Å². The van der Waals surface area contributed by atoms with Gasteiger partial charge in [0.25, 0.3) is 5.91 Å². The van der Waals surface area contributed by atoms with E-state index in [1.807, 2.05) is 4.68 Å². The number of fused-ring (bicyclic) bond motifs is 1. The molecule has 1 aromatic carbocycles. The van der Waals surface area contributed by atoms with Gasteiger partial charge in [0.2, 0.25) is 10.0 Å². The molecule has 0 aliphatic heterocycles. The molecule has 2 aromatic rings. The van der Waals surface area contributed by atoms with Crippen molar-refractivity contribution in [1.29, 1.82) is 0 Å². The van der Waals surface area contributed by atoms with Gasteiger partial charge in [-0.15, -0.1) is 0 Å². The number of carbonyl (C=O) groups is 1. The predicted molar refractivity (Wildman–Crippen MR) is 88.9 cm³/mol. The molecule has 1 heterocycles. The van der Waals surface area contributed by atoms with Crippen LogP contribution in [0.2, 0.25) is 0 Å². The molecule has 0 bridgehead atoms. The van der Waals surface area contributed by atoms with Crippen LogP contribution in [0.25, 0.3) is 10.9 Å². The van der Waals surface area contributed by atoms with Crippen LogP contribution in [0, 0.1) is 12.7 Å². The van der Waals surface area contributed by atoms with Gasteiger partial charge in [-0.3, -0.25) is 9.48 Å². The van der Waals surface area contributed by atoms with Gasteiger partial charge in [-0.2, -0.15) is 5.10 Å². The summed E-state index contributed by atoms with van der Waals surface area (Å²) >= 11 is 0. The van der Waals surface area contributed by atoms with Gasteiger partial charge in [0.1, 0.15) is 5.82 Å². The number of aryl methyl sites for hydroxylation is 1. The van der Waals surface area contributed by atoms with Gasteiger partial charge in [0, 0.05) is 11.5 Å². The Morgan fingerprint density at radius 2 is 1.96 bits per heavy atom. The summed E-state index contributed by atoms with van der Waals surface area (Å²) < 4.78 is 40.4. The highest BCUT2D eigenvalue weighted by atomic mass is 32.2. The van der Waals surface area contributed by atoms with E-state index in [4.69, 9.17) is 0 Å². The number of hydrogen-bond donors (Lipinski definition) is 1. The minimum absolute atomic E-state index is 0.241. The number of benzene rings is 1. The maximum absolute atomic E-state index is 14.4. The zero-order valence-corrected chi connectivity index (χ0v) is 14.5. The fourth-order valence-corrected chi connectivity index (χ4v) is 3.76. The third kappa shape index (κ3) is 3.28. The maximum Gasteiger partial charge on any atom is 0.267 e. The molecular formula is C16H20FN3O3S. The molecule has 0 radical (unpaired) electrons. The van der Waals surface area contributed by atoms with Crippen molar-refractivity contribution in [3.05, 3.63) is 29.2 Å². The van der Waals surface area contributed by atoms with Gasteiger partial charge >= 0.3 is 0 Å². The highest BCUT2D eigenvalue weighted by Crippen LogP contribution is 2.32. The average molecular weight is 353 g/mol. The Labute approximate surface area is 140 Å². The molecule has 24 heavy (non-hydrogen) atoms. The van der Waals surface area contributed by atoms with E-state index in [9.17, 15) is 17.6 Å².